The maximum absolute atomic E-state index is 12.8. The highest BCUT2D eigenvalue weighted by Crippen LogP contribution is 2.25. The number of nitrogens with zero attached hydrogens (tertiary/aromatic N) is 1. The maximum atomic E-state index is 12.8. The van der Waals surface area contributed by atoms with Gasteiger partial charge in [-0.15, -0.1) is 0 Å². The smallest absolute Gasteiger partial charge is 0.410 e. The Balaban J connectivity index is 1.70. The highest BCUT2D eigenvalue weighted by atomic mass is 32.2. The molecule has 0 fully saturated rings. The molecule has 1 N–H and O–H groups in total. The van der Waals surface area contributed by atoms with Crippen LogP contribution in [0.3, 0.4) is 0 Å². The molecule has 166 valence electrons. The van der Waals surface area contributed by atoms with Crippen LogP contribution in [0.4, 0.5) is 10.5 Å². The van der Waals surface area contributed by atoms with Crippen LogP contribution in [-0.4, -0.2) is 37.5 Å². The number of nitrogens with one attached hydrogen (secondary N) is 1. The quantitative estimate of drug-likeness (QED) is 0.772. The molecule has 2 amide bonds. The van der Waals surface area contributed by atoms with Crippen molar-refractivity contribution in [3.63, 3.8) is 0 Å². The van der Waals surface area contributed by atoms with Crippen molar-refractivity contribution < 1.29 is 22.7 Å². The molecule has 0 aliphatic carbocycles. The van der Waals surface area contributed by atoms with Gasteiger partial charge in [0.2, 0.25) is 5.91 Å². The number of fused-ring (bicyclic) bond motifs is 1. The molecular weight excluding hydrogens is 416 g/mol. The highest BCUT2D eigenvalue weighted by Gasteiger charge is 2.26. The Morgan fingerprint density at radius 2 is 1.74 bits per heavy atom. The predicted octanol–water partition coefficient (Wildman–Crippen LogP) is 3.91. The largest absolute Gasteiger partial charge is 0.444 e. The van der Waals surface area contributed by atoms with Crippen molar-refractivity contribution in [2.45, 2.75) is 56.9 Å². The van der Waals surface area contributed by atoms with Gasteiger partial charge in [0, 0.05) is 25.7 Å². The van der Waals surface area contributed by atoms with Gasteiger partial charge in [0.1, 0.15) is 5.60 Å². The molecule has 1 aliphatic rings. The van der Waals surface area contributed by atoms with Crippen LogP contribution in [0.5, 0.6) is 0 Å². The minimum absolute atomic E-state index is 0.116. The molecule has 0 aromatic heterocycles. The molecule has 8 heteroatoms. The van der Waals surface area contributed by atoms with Crippen molar-refractivity contribution in [3.8, 4) is 0 Å². The monoisotopic (exact) mass is 444 g/mol. The van der Waals surface area contributed by atoms with Gasteiger partial charge in [0.15, 0.2) is 9.84 Å². The summed E-state index contributed by atoms with van der Waals surface area (Å²) in [7, 11) is -3.53. The fourth-order valence-corrected chi connectivity index (χ4v) is 4.77. The number of amides is 2. The first-order valence-electron chi connectivity index (χ1n) is 10.1. The zero-order valence-corrected chi connectivity index (χ0v) is 19.1. The first-order chi connectivity index (χ1) is 14.4. The molecule has 0 spiro atoms. The van der Waals surface area contributed by atoms with E-state index in [9.17, 15) is 18.0 Å². The summed E-state index contributed by atoms with van der Waals surface area (Å²) in [4.78, 5) is 25.3. The van der Waals surface area contributed by atoms with Crippen molar-refractivity contribution in [3.05, 3.63) is 59.2 Å². The second-order valence-corrected chi connectivity index (χ2v) is 10.7. The molecule has 7 nitrogen and oxygen atoms in total. The Morgan fingerprint density at radius 1 is 1.06 bits per heavy atom. The predicted molar refractivity (Wildman–Crippen MR) is 118 cm³/mol. The zero-order valence-electron chi connectivity index (χ0n) is 18.3. The third kappa shape index (κ3) is 6.07. The first-order valence-corrected chi connectivity index (χ1v) is 11.8. The van der Waals surface area contributed by atoms with E-state index in [-0.39, 0.29) is 22.6 Å². The Labute approximate surface area is 183 Å². The second kappa shape index (κ2) is 8.70. The summed E-state index contributed by atoms with van der Waals surface area (Å²) in [6.07, 6.45) is 0.306. The van der Waals surface area contributed by atoms with Crippen molar-refractivity contribution in [2.75, 3.05) is 11.9 Å². The van der Waals surface area contributed by atoms with E-state index in [2.05, 4.69) is 5.32 Å². The zero-order chi connectivity index (χ0) is 22.8. The Kier molecular flexibility index (Phi) is 6.40. The van der Waals surface area contributed by atoms with Crippen LogP contribution in [0.2, 0.25) is 0 Å². The van der Waals surface area contributed by atoms with E-state index in [0.29, 0.717) is 30.8 Å². The molecule has 2 aromatic rings. The van der Waals surface area contributed by atoms with E-state index in [4.69, 9.17) is 4.74 Å². The molecule has 1 aliphatic heterocycles. The third-order valence-corrected chi connectivity index (χ3v) is 6.53. The number of sulfone groups is 1. The normalized spacial score (nSPS) is 14.0. The average Bonchev–Trinajstić information content (AvgIpc) is 2.66. The van der Waals surface area contributed by atoms with Crippen LogP contribution < -0.4 is 5.32 Å². The molecule has 0 atom stereocenters. The number of carbonyl (C=O) groups excluding carboxylic acids is 2. The molecular formula is C23H28N2O5S. The molecule has 0 unspecified atom stereocenters. The van der Waals surface area contributed by atoms with Crippen LogP contribution in [0.1, 0.15) is 44.4 Å². The molecule has 0 bridgehead atoms. The summed E-state index contributed by atoms with van der Waals surface area (Å²) < 4.78 is 31.1. The van der Waals surface area contributed by atoms with Crippen LogP contribution in [-0.2, 0) is 38.1 Å². The van der Waals surface area contributed by atoms with E-state index in [1.807, 2.05) is 32.9 Å². The lowest BCUT2D eigenvalue weighted by Crippen LogP contribution is -2.39. The van der Waals surface area contributed by atoms with Gasteiger partial charge in [-0.25, -0.2) is 13.2 Å². The molecule has 3 rings (SSSR count). The van der Waals surface area contributed by atoms with Gasteiger partial charge in [-0.2, -0.15) is 0 Å². The Bertz CT molecular complexity index is 1090. The van der Waals surface area contributed by atoms with Gasteiger partial charge in [-0.1, -0.05) is 18.2 Å². The molecule has 1 heterocycles. The Hall–Kier alpha value is -2.87. The summed E-state index contributed by atoms with van der Waals surface area (Å²) >= 11 is 0. The number of benzene rings is 2. The molecule has 0 radical (unpaired) electrons. The molecule has 31 heavy (non-hydrogen) atoms. The topological polar surface area (TPSA) is 92.8 Å². The van der Waals surface area contributed by atoms with E-state index in [1.165, 1.54) is 19.1 Å². The fraction of sp³-hybridized carbons (Fsp3) is 0.391. The number of hydrogen-bond acceptors (Lipinski definition) is 5. The van der Waals surface area contributed by atoms with Gasteiger partial charge in [-0.05, 0) is 68.1 Å². The summed E-state index contributed by atoms with van der Waals surface area (Å²) in [5.74, 6) is -0.329. The van der Waals surface area contributed by atoms with Gasteiger partial charge >= 0.3 is 6.09 Å². The number of anilines is 1. The van der Waals surface area contributed by atoms with Crippen molar-refractivity contribution >= 4 is 27.5 Å². The summed E-state index contributed by atoms with van der Waals surface area (Å²) in [6, 6.07) is 11.7. The Morgan fingerprint density at radius 3 is 2.35 bits per heavy atom. The number of hydrogen-bond donors (Lipinski definition) is 1. The minimum atomic E-state index is -3.53. The summed E-state index contributed by atoms with van der Waals surface area (Å²) in [5, 5.41) is 2.62. The van der Waals surface area contributed by atoms with Crippen molar-refractivity contribution in [2.24, 2.45) is 0 Å². The maximum Gasteiger partial charge on any atom is 0.410 e. The lowest BCUT2D eigenvalue weighted by Gasteiger charge is -2.31. The van der Waals surface area contributed by atoms with E-state index < -0.39 is 15.4 Å². The fourth-order valence-electron chi connectivity index (χ4n) is 3.43. The molecule has 0 saturated carbocycles. The summed E-state index contributed by atoms with van der Waals surface area (Å²) in [5.41, 5.74) is 2.76. The van der Waals surface area contributed by atoms with E-state index >= 15 is 0 Å². The average molecular weight is 445 g/mol. The summed E-state index contributed by atoms with van der Waals surface area (Å²) in [6.45, 7) is 7.88. The SMILES string of the molecule is CC(=O)Nc1ccc(S(=O)(=O)Cc2ccc3c(c2)CCN(C(=O)OC(C)(C)C)C3)cc1. The number of rotatable bonds is 4. The van der Waals surface area contributed by atoms with E-state index in [0.717, 1.165) is 11.1 Å². The molecule has 0 saturated heterocycles. The van der Waals surface area contributed by atoms with Gasteiger partial charge in [0.25, 0.3) is 0 Å². The van der Waals surface area contributed by atoms with Crippen molar-refractivity contribution in [1.82, 2.24) is 4.90 Å². The highest BCUT2D eigenvalue weighted by molar-refractivity contribution is 7.90. The lowest BCUT2D eigenvalue weighted by atomic mass is 9.98. The lowest BCUT2D eigenvalue weighted by molar-refractivity contribution is -0.114. The second-order valence-electron chi connectivity index (χ2n) is 8.72. The standard InChI is InChI=1S/C23H28N2O5S/c1-16(26)24-20-7-9-21(10-8-20)31(28,29)15-17-5-6-19-14-25(12-11-18(19)13-17)22(27)30-23(2,3)4/h5-10,13H,11-12,14-15H2,1-4H3,(H,24,26). The number of carbonyl (C=O) groups is 2. The van der Waals surface area contributed by atoms with Crippen LogP contribution in [0, 0.1) is 0 Å². The van der Waals surface area contributed by atoms with Crippen LogP contribution >= 0.6 is 0 Å². The third-order valence-electron chi connectivity index (χ3n) is 4.83. The van der Waals surface area contributed by atoms with Gasteiger partial charge in [0.05, 0.1) is 10.6 Å². The van der Waals surface area contributed by atoms with Gasteiger partial charge < -0.3 is 15.0 Å². The first kappa shape index (κ1) is 22.8. The van der Waals surface area contributed by atoms with E-state index in [1.54, 1.807) is 23.1 Å². The van der Waals surface area contributed by atoms with Crippen LogP contribution in [0.15, 0.2) is 47.4 Å². The minimum Gasteiger partial charge on any atom is -0.444 e. The van der Waals surface area contributed by atoms with Crippen molar-refractivity contribution in [1.29, 1.82) is 0 Å². The molecule has 2 aromatic carbocycles. The van der Waals surface area contributed by atoms with Gasteiger partial charge in [-0.3, -0.25) is 4.79 Å². The van der Waals surface area contributed by atoms with Crippen LogP contribution in [0.25, 0.3) is 0 Å². The number of ether oxygens (including phenoxy) is 1.